The zero-order chi connectivity index (χ0) is 28.0. The number of H-pyrrole nitrogens is 1. The first kappa shape index (κ1) is 29.0. The summed E-state index contributed by atoms with van der Waals surface area (Å²) in [4.78, 5) is 42.2. The average Bonchev–Trinajstić information content (AvgIpc) is 3.46. The molecule has 1 aliphatic heterocycles. The van der Waals surface area contributed by atoms with E-state index in [4.69, 9.17) is 4.74 Å². The largest absolute Gasteiger partial charge is 0.496 e. The maximum Gasteiger partial charge on any atom is 0.268 e. The number of ether oxygens (including phenoxy) is 1. The number of benzene rings is 1. The summed E-state index contributed by atoms with van der Waals surface area (Å²) in [6, 6.07) is 7.29. The van der Waals surface area contributed by atoms with Gasteiger partial charge < -0.3 is 25.7 Å². The Bertz CT molecular complexity index is 1190. The van der Waals surface area contributed by atoms with E-state index in [1.165, 1.54) is 0 Å². The van der Waals surface area contributed by atoms with Gasteiger partial charge in [-0.3, -0.25) is 19.7 Å². The molecule has 0 unspecified atom stereocenters. The van der Waals surface area contributed by atoms with Gasteiger partial charge in [-0.1, -0.05) is 19.9 Å². The first-order valence-corrected chi connectivity index (χ1v) is 13.1. The Labute approximate surface area is 224 Å². The van der Waals surface area contributed by atoms with Crippen LogP contribution in [0.1, 0.15) is 64.4 Å². The zero-order valence-electron chi connectivity index (χ0n) is 23.1. The van der Waals surface area contributed by atoms with Gasteiger partial charge in [0.15, 0.2) is 0 Å². The quantitative estimate of drug-likeness (QED) is 0.305. The third kappa shape index (κ3) is 7.48. The van der Waals surface area contributed by atoms with Crippen molar-refractivity contribution in [3.8, 4) is 11.8 Å². The lowest BCUT2D eigenvalue weighted by Gasteiger charge is -2.32. The summed E-state index contributed by atoms with van der Waals surface area (Å²) < 4.78 is 5.39. The van der Waals surface area contributed by atoms with Crippen LogP contribution in [-0.2, 0) is 9.59 Å². The predicted molar refractivity (Wildman–Crippen MR) is 146 cm³/mol. The molecule has 0 saturated carbocycles. The van der Waals surface area contributed by atoms with Crippen molar-refractivity contribution >= 4 is 28.6 Å². The Balaban J connectivity index is 1.82. The number of aromatic nitrogens is 1. The molecule has 0 aliphatic carbocycles. The van der Waals surface area contributed by atoms with Crippen molar-refractivity contribution < 1.29 is 19.1 Å². The summed E-state index contributed by atoms with van der Waals surface area (Å²) in [6.07, 6.45) is 1.37. The molecule has 0 radical (unpaired) electrons. The molecule has 1 aliphatic rings. The molecule has 1 aromatic heterocycles. The lowest BCUT2D eigenvalue weighted by Crippen LogP contribution is -2.58. The maximum absolute atomic E-state index is 13.6. The van der Waals surface area contributed by atoms with Crippen LogP contribution in [0.2, 0.25) is 0 Å². The molecule has 3 amide bonds. The van der Waals surface area contributed by atoms with Gasteiger partial charge in [-0.05, 0) is 64.2 Å². The molecular formula is C28H40N6O4. The molecule has 10 heteroatoms. The minimum absolute atomic E-state index is 0.0713. The fourth-order valence-corrected chi connectivity index (χ4v) is 4.79. The highest BCUT2D eigenvalue weighted by molar-refractivity contribution is 6.01. The van der Waals surface area contributed by atoms with Crippen LogP contribution in [0.3, 0.4) is 0 Å². The molecule has 0 spiro atoms. The molecule has 38 heavy (non-hydrogen) atoms. The van der Waals surface area contributed by atoms with E-state index in [0.29, 0.717) is 37.3 Å². The van der Waals surface area contributed by atoms with Gasteiger partial charge in [0.2, 0.25) is 11.8 Å². The van der Waals surface area contributed by atoms with Crippen LogP contribution in [-0.4, -0.2) is 60.0 Å². The highest BCUT2D eigenvalue weighted by Gasteiger charge is 2.35. The van der Waals surface area contributed by atoms with Crippen LogP contribution < -0.4 is 26.0 Å². The summed E-state index contributed by atoms with van der Waals surface area (Å²) in [5.41, 5.74) is 0.678. The van der Waals surface area contributed by atoms with E-state index in [-0.39, 0.29) is 29.2 Å². The number of rotatable bonds is 11. The number of aromatic amines is 1. The summed E-state index contributed by atoms with van der Waals surface area (Å²) in [7, 11) is 1.57. The number of methoxy groups -OCH3 is 1. The summed E-state index contributed by atoms with van der Waals surface area (Å²) in [5.74, 6) is -0.412. The van der Waals surface area contributed by atoms with Gasteiger partial charge in [0.25, 0.3) is 5.91 Å². The van der Waals surface area contributed by atoms with E-state index in [0.717, 1.165) is 10.9 Å². The lowest BCUT2D eigenvalue weighted by molar-refractivity contribution is -0.126. The molecule has 1 fully saturated rings. The Kier molecular flexibility index (Phi) is 9.39. The second-order valence-corrected chi connectivity index (χ2v) is 11.4. The second kappa shape index (κ2) is 12.3. The van der Waals surface area contributed by atoms with Gasteiger partial charge in [-0.15, -0.1) is 0 Å². The van der Waals surface area contributed by atoms with Crippen molar-refractivity contribution in [2.24, 2.45) is 11.8 Å². The molecule has 206 valence electrons. The Hall–Kier alpha value is -3.58. The van der Waals surface area contributed by atoms with Crippen LogP contribution in [0.4, 0.5) is 0 Å². The van der Waals surface area contributed by atoms with Gasteiger partial charge in [0, 0.05) is 28.9 Å². The van der Waals surface area contributed by atoms with E-state index in [9.17, 15) is 19.6 Å². The number of amides is 3. The maximum atomic E-state index is 13.6. The van der Waals surface area contributed by atoms with Crippen LogP contribution in [0, 0.1) is 23.2 Å². The van der Waals surface area contributed by atoms with Crippen molar-refractivity contribution in [2.75, 3.05) is 13.7 Å². The lowest BCUT2D eigenvalue weighted by atomic mass is 9.92. The van der Waals surface area contributed by atoms with E-state index in [1.54, 1.807) is 13.2 Å². The number of nitrogens with one attached hydrogen (secondary N) is 5. The van der Waals surface area contributed by atoms with E-state index < -0.39 is 24.0 Å². The Morgan fingerprint density at radius 3 is 2.55 bits per heavy atom. The molecule has 4 atom stereocenters. The van der Waals surface area contributed by atoms with Gasteiger partial charge in [-0.25, -0.2) is 0 Å². The Morgan fingerprint density at radius 2 is 1.97 bits per heavy atom. The Morgan fingerprint density at radius 1 is 1.24 bits per heavy atom. The summed E-state index contributed by atoms with van der Waals surface area (Å²) in [6.45, 7) is 10.3. The minimum atomic E-state index is -0.829. The van der Waals surface area contributed by atoms with Gasteiger partial charge in [0.1, 0.15) is 23.5 Å². The topological polar surface area (TPSA) is 148 Å². The molecular weight excluding hydrogens is 484 g/mol. The molecule has 1 saturated heterocycles. The zero-order valence-corrected chi connectivity index (χ0v) is 23.1. The second-order valence-electron chi connectivity index (χ2n) is 11.4. The smallest absolute Gasteiger partial charge is 0.268 e. The van der Waals surface area contributed by atoms with Gasteiger partial charge >= 0.3 is 0 Å². The van der Waals surface area contributed by atoms with E-state index >= 15 is 0 Å². The first-order valence-electron chi connectivity index (χ1n) is 13.1. The van der Waals surface area contributed by atoms with Crippen molar-refractivity contribution in [2.45, 2.75) is 77.5 Å². The normalized spacial score (nSPS) is 17.9. The van der Waals surface area contributed by atoms with E-state index in [1.807, 2.05) is 52.8 Å². The number of nitrogens with zero attached hydrogens (tertiary/aromatic N) is 1. The minimum Gasteiger partial charge on any atom is -0.496 e. The van der Waals surface area contributed by atoms with Crippen molar-refractivity contribution in [3.05, 3.63) is 30.0 Å². The number of carbonyl (C=O) groups excluding carboxylic acids is 3. The van der Waals surface area contributed by atoms with Crippen molar-refractivity contribution in [3.63, 3.8) is 0 Å². The summed E-state index contributed by atoms with van der Waals surface area (Å²) >= 11 is 0. The fourth-order valence-electron chi connectivity index (χ4n) is 4.79. The molecule has 2 aromatic rings. The van der Waals surface area contributed by atoms with Crippen LogP contribution in [0.25, 0.3) is 10.9 Å². The number of hydrogen-bond donors (Lipinski definition) is 5. The predicted octanol–water partition coefficient (Wildman–Crippen LogP) is 2.61. The van der Waals surface area contributed by atoms with Crippen molar-refractivity contribution in [1.82, 2.24) is 26.3 Å². The highest BCUT2D eigenvalue weighted by Crippen LogP contribution is 2.26. The molecule has 0 bridgehead atoms. The van der Waals surface area contributed by atoms with Crippen LogP contribution >= 0.6 is 0 Å². The van der Waals surface area contributed by atoms with Gasteiger partial charge in [0.05, 0.1) is 19.2 Å². The van der Waals surface area contributed by atoms with Crippen LogP contribution in [0.15, 0.2) is 24.3 Å². The number of fused-ring (bicyclic) bond motifs is 1. The number of hydrogen-bond acceptors (Lipinski definition) is 6. The average molecular weight is 525 g/mol. The third-order valence-corrected chi connectivity index (χ3v) is 6.58. The number of carbonyl (C=O) groups is 3. The molecule has 1 aromatic carbocycles. The van der Waals surface area contributed by atoms with Crippen molar-refractivity contribution in [1.29, 1.82) is 5.26 Å². The van der Waals surface area contributed by atoms with Gasteiger partial charge in [-0.2, -0.15) is 5.26 Å². The molecule has 10 nitrogen and oxygen atoms in total. The molecule has 3 rings (SSSR count). The van der Waals surface area contributed by atoms with E-state index in [2.05, 4.69) is 32.3 Å². The standard InChI is InChI=1S/C28H40N6O4/c1-16(2)12-21(33-27(37)22-14-18-19(31-22)8-7-9-24(18)38-6)26(36)32-20(13-17-10-11-30-25(17)35)23(15-29)34-28(3,4)5/h7-9,14,16-17,20-21,23,31,34H,10-13H2,1-6H3,(H,30,35)(H,32,36)(H,33,37)/t17-,20-,21-,23+/m0/s1. The SMILES string of the molecule is COc1cccc2[nH]c(C(=O)N[C@@H](CC(C)C)C(=O)N[C@@H](C[C@@H]3CCNC3=O)[C@@H](C#N)NC(C)(C)C)cc12. The third-order valence-electron chi connectivity index (χ3n) is 6.58. The monoisotopic (exact) mass is 524 g/mol. The van der Waals surface area contributed by atoms with Crippen LogP contribution in [0.5, 0.6) is 5.75 Å². The molecule has 2 heterocycles. The fraction of sp³-hybridized carbons (Fsp3) is 0.571. The first-order chi connectivity index (χ1) is 17.9. The summed E-state index contributed by atoms with van der Waals surface area (Å²) in [5, 5.41) is 22.7. The number of nitriles is 1. The highest BCUT2D eigenvalue weighted by atomic mass is 16.5. The molecule has 5 N–H and O–H groups in total.